The van der Waals surface area contributed by atoms with E-state index in [1.54, 1.807) is 24.4 Å². The molecule has 29 heavy (non-hydrogen) atoms. The highest BCUT2D eigenvalue weighted by atomic mass is 16.5. The van der Waals surface area contributed by atoms with Gasteiger partial charge in [-0.15, -0.1) is 6.58 Å². The van der Waals surface area contributed by atoms with E-state index < -0.39 is 12.6 Å². The van der Waals surface area contributed by atoms with Gasteiger partial charge in [-0.05, 0) is 24.3 Å². The second kappa shape index (κ2) is 9.36. The zero-order valence-corrected chi connectivity index (χ0v) is 16.0. The van der Waals surface area contributed by atoms with Crippen LogP contribution in [0, 0.1) is 0 Å². The SMILES string of the molecule is C=CCN(C(=O)COC(=O)c1nn(-c2ccccc2)cc1OC)c1ccccc1. The minimum Gasteiger partial charge on any atom is -0.493 e. The quantitative estimate of drug-likeness (QED) is 0.435. The summed E-state index contributed by atoms with van der Waals surface area (Å²) in [6, 6.07) is 18.4. The van der Waals surface area contributed by atoms with Gasteiger partial charge in [0.2, 0.25) is 5.69 Å². The van der Waals surface area contributed by atoms with Gasteiger partial charge in [-0.1, -0.05) is 42.5 Å². The van der Waals surface area contributed by atoms with Crippen LogP contribution >= 0.6 is 0 Å². The average Bonchev–Trinajstić information content (AvgIpc) is 3.21. The number of esters is 1. The van der Waals surface area contributed by atoms with E-state index in [0.717, 1.165) is 5.69 Å². The first-order chi connectivity index (χ1) is 14.1. The molecule has 0 spiro atoms. The van der Waals surface area contributed by atoms with Crippen LogP contribution in [0.2, 0.25) is 0 Å². The summed E-state index contributed by atoms with van der Waals surface area (Å²) >= 11 is 0. The fourth-order valence-electron chi connectivity index (χ4n) is 2.72. The zero-order chi connectivity index (χ0) is 20.6. The highest BCUT2D eigenvalue weighted by Crippen LogP contribution is 2.20. The third-order valence-electron chi connectivity index (χ3n) is 4.12. The number of hydrogen-bond donors (Lipinski definition) is 0. The van der Waals surface area contributed by atoms with E-state index in [1.807, 2.05) is 48.5 Å². The van der Waals surface area contributed by atoms with Gasteiger partial charge < -0.3 is 14.4 Å². The summed E-state index contributed by atoms with van der Waals surface area (Å²) in [5.41, 5.74) is 1.46. The summed E-state index contributed by atoms with van der Waals surface area (Å²) in [4.78, 5) is 26.6. The number of para-hydroxylation sites is 2. The maximum absolute atomic E-state index is 12.6. The number of carbonyl (C=O) groups excluding carboxylic acids is 2. The van der Waals surface area contributed by atoms with Gasteiger partial charge in [0.15, 0.2) is 12.4 Å². The molecule has 7 nitrogen and oxygen atoms in total. The molecule has 0 atom stereocenters. The topological polar surface area (TPSA) is 73.7 Å². The largest absolute Gasteiger partial charge is 0.493 e. The first kappa shape index (κ1) is 19.9. The number of hydrogen-bond acceptors (Lipinski definition) is 5. The number of carbonyl (C=O) groups is 2. The number of nitrogens with zero attached hydrogens (tertiary/aromatic N) is 3. The maximum atomic E-state index is 12.6. The molecule has 1 heterocycles. The van der Waals surface area contributed by atoms with Crippen molar-refractivity contribution in [1.29, 1.82) is 0 Å². The van der Waals surface area contributed by atoms with Crippen LogP contribution in [0.3, 0.4) is 0 Å². The Hall–Kier alpha value is -3.87. The van der Waals surface area contributed by atoms with E-state index in [-0.39, 0.29) is 17.4 Å². The van der Waals surface area contributed by atoms with Crippen molar-refractivity contribution in [1.82, 2.24) is 9.78 Å². The molecule has 0 aliphatic carbocycles. The van der Waals surface area contributed by atoms with Gasteiger partial charge in [0.1, 0.15) is 0 Å². The van der Waals surface area contributed by atoms with E-state index in [4.69, 9.17) is 9.47 Å². The highest BCUT2D eigenvalue weighted by Gasteiger charge is 2.22. The predicted molar refractivity (Wildman–Crippen MR) is 109 cm³/mol. The Morgan fingerprint density at radius 2 is 1.76 bits per heavy atom. The van der Waals surface area contributed by atoms with Crippen LogP contribution in [0.25, 0.3) is 5.69 Å². The van der Waals surface area contributed by atoms with E-state index in [1.165, 1.54) is 16.7 Å². The Kier molecular flexibility index (Phi) is 6.42. The Morgan fingerprint density at radius 1 is 1.10 bits per heavy atom. The smallest absolute Gasteiger partial charge is 0.363 e. The summed E-state index contributed by atoms with van der Waals surface area (Å²) in [5, 5.41) is 4.24. The van der Waals surface area contributed by atoms with Gasteiger partial charge in [0.25, 0.3) is 5.91 Å². The molecule has 3 aromatic rings. The monoisotopic (exact) mass is 391 g/mol. The summed E-state index contributed by atoms with van der Waals surface area (Å²) in [5.74, 6) is -0.847. The normalized spacial score (nSPS) is 10.2. The van der Waals surface area contributed by atoms with E-state index in [0.29, 0.717) is 12.2 Å². The van der Waals surface area contributed by atoms with Crippen molar-refractivity contribution in [3.63, 3.8) is 0 Å². The first-order valence-electron chi connectivity index (χ1n) is 8.96. The Bertz CT molecular complexity index is 984. The second-order valence-corrected chi connectivity index (χ2v) is 6.03. The lowest BCUT2D eigenvalue weighted by Crippen LogP contribution is -2.35. The molecule has 2 aromatic carbocycles. The van der Waals surface area contributed by atoms with Crippen LogP contribution in [0.5, 0.6) is 5.75 Å². The number of benzene rings is 2. The van der Waals surface area contributed by atoms with Crippen molar-refractivity contribution in [2.45, 2.75) is 0 Å². The first-order valence-corrected chi connectivity index (χ1v) is 8.96. The van der Waals surface area contributed by atoms with E-state index in [9.17, 15) is 9.59 Å². The molecule has 0 saturated heterocycles. The zero-order valence-electron chi connectivity index (χ0n) is 16.0. The Balaban J connectivity index is 1.72. The molecular weight excluding hydrogens is 370 g/mol. The maximum Gasteiger partial charge on any atom is 0.363 e. The minimum atomic E-state index is -0.739. The molecule has 3 rings (SSSR count). The molecule has 7 heteroatoms. The molecule has 0 bridgehead atoms. The van der Waals surface area contributed by atoms with Gasteiger partial charge in [-0.25, -0.2) is 9.48 Å². The third-order valence-corrected chi connectivity index (χ3v) is 4.12. The molecule has 0 saturated carbocycles. The second-order valence-electron chi connectivity index (χ2n) is 6.03. The fraction of sp³-hybridized carbons (Fsp3) is 0.136. The Morgan fingerprint density at radius 3 is 2.38 bits per heavy atom. The van der Waals surface area contributed by atoms with Gasteiger partial charge in [0, 0.05) is 12.2 Å². The number of methoxy groups -OCH3 is 1. The molecule has 0 aliphatic rings. The lowest BCUT2D eigenvalue weighted by Gasteiger charge is -2.21. The molecule has 0 radical (unpaired) electrons. The molecule has 148 valence electrons. The Labute approximate surface area is 168 Å². The van der Waals surface area contributed by atoms with Gasteiger partial charge in [-0.3, -0.25) is 4.79 Å². The predicted octanol–water partition coefficient (Wildman–Crippen LogP) is 3.26. The van der Waals surface area contributed by atoms with Crippen LogP contribution in [-0.4, -0.2) is 41.9 Å². The van der Waals surface area contributed by atoms with Gasteiger partial charge >= 0.3 is 5.97 Å². The molecule has 0 fully saturated rings. The molecule has 0 unspecified atom stereocenters. The molecule has 0 aliphatic heterocycles. The van der Waals surface area contributed by atoms with Crippen molar-refractivity contribution in [3.8, 4) is 11.4 Å². The average molecular weight is 391 g/mol. The number of anilines is 1. The third kappa shape index (κ3) is 4.70. The van der Waals surface area contributed by atoms with Crippen LogP contribution in [0.1, 0.15) is 10.5 Å². The summed E-state index contributed by atoms with van der Waals surface area (Å²) in [7, 11) is 1.44. The van der Waals surface area contributed by atoms with E-state index >= 15 is 0 Å². The van der Waals surface area contributed by atoms with Crippen LogP contribution in [0.4, 0.5) is 5.69 Å². The van der Waals surface area contributed by atoms with Gasteiger partial charge in [-0.2, -0.15) is 5.10 Å². The molecule has 1 aromatic heterocycles. The summed E-state index contributed by atoms with van der Waals surface area (Å²) < 4.78 is 12.0. The highest BCUT2D eigenvalue weighted by molar-refractivity contribution is 5.97. The number of aromatic nitrogens is 2. The fourth-order valence-corrected chi connectivity index (χ4v) is 2.72. The number of rotatable bonds is 8. The van der Waals surface area contributed by atoms with Crippen LogP contribution < -0.4 is 9.64 Å². The van der Waals surface area contributed by atoms with Crippen molar-refractivity contribution in [3.05, 3.63) is 85.2 Å². The van der Waals surface area contributed by atoms with Gasteiger partial charge in [0.05, 0.1) is 19.0 Å². The van der Waals surface area contributed by atoms with Crippen molar-refractivity contribution in [2.24, 2.45) is 0 Å². The number of ether oxygens (including phenoxy) is 2. The van der Waals surface area contributed by atoms with Crippen molar-refractivity contribution < 1.29 is 19.1 Å². The van der Waals surface area contributed by atoms with Crippen LogP contribution in [-0.2, 0) is 9.53 Å². The minimum absolute atomic E-state index is 0.000801. The summed E-state index contributed by atoms with van der Waals surface area (Å²) in [6.45, 7) is 3.54. The lowest BCUT2D eigenvalue weighted by atomic mass is 10.3. The van der Waals surface area contributed by atoms with Crippen molar-refractivity contribution in [2.75, 3.05) is 25.2 Å². The van der Waals surface area contributed by atoms with Crippen LogP contribution in [0.15, 0.2) is 79.5 Å². The molecular formula is C22H21N3O4. The van der Waals surface area contributed by atoms with E-state index in [2.05, 4.69) is 11.7 Å². The molecule has 0 N–H and O–H groups in total. The lowest BCUT2D eigenvalue weighted by molar-refractivity contribution is -0.121. The summed E-state index contributed by atoms with van der Waals surface area (Å²) in [6.07, 6.45) is 3.19. The molecule has 1 amide bonds. The number of amides is 1. The van der Waals surface area contributed by atoms with Crippen molar-refractivity contribution >= 4 is 17.6 Å². The standard InChI is InChI=1S/C22H21N3O4/c1-3-14-24(17-10-6-4-7-11-17)20(26)16-29-22(27)21-19(28-2)15-25(23-21)18-12-8-5-9-13-18/h3-13,15H,1,14,16H2,2H3.